The van der Waals surface area contributed by atoms with Crippen molar-refractivity contribution in [3.8, 4) is 28.6 Å². The van der Waals surface area contributed by atoms with Crippen molar-refractivity contribution in [1.82, 2.24) is 15.0 Å². The first-order chi connectivity index (χ1) is 16.9. The Morgan fingerprint density at radius 1 is 1.26 bits per heavy atom. The number of carbonyl (C=O) groups is 1. The van der Waals surface area contributed by atoms with Crippen LogP contribution in [0, 0.1) is 5.92 Å². The number of nitrogens with zero attached hydrogens (tertiary/aromatic N) is 4. The monoisotopic (exact) mass is 472 g/mol. The first-order valence-electron chi connectivity index (χ1n) is 12.1. The lowest BCUT2D eigenvalue weighted by Gasteiger charge is -2.33. The van der Waals surface area contributed by atoms with E-state index < -0.39 is 5.72 Å². The van der Waals surface area contributed by atoms with Crippen LogP contribution >= 0.6 is 0 Å². The summed E-state index contributed by atoms with van der Waals surface area (Å²) in [5.74, 6) is 2.00. The van der Waals surface area contributed by atoms with Crippen LogP contribution in [0.2, 0.25) is 0 Å². The minimum absolute atomic E-state index is 0.0528. The molecule has 3 atom stereocenters. The number of hydrogen-bond acceptors (Lipinski definition) is 7. The number of rotatable bonds is 5. The fourth-order valence-corrected chi connectivity index (χ4v) is 5.88. The van der Waals surface area contributed by atoms with E-state index in [0.717, 1.165) is 40.0 Å². The van der Waals surface area contributed by atoms with Gasteiger partial charge in [0.25, 0.3) is 5.89 Å². The van der Waals surface area contributed by atoms with Crippen LogP contribution in [0.1, 0.15) is 43.9 Å². The molecule has 0 saturated carbocycles. The number of carbonyl (C=O) groups excluding carboxylic acids is 1. The van der Waals surface area contributed by atoms with Crippen LogP contribution in [0.25, 0.3) is 22.8 Å². The van der Waals surface area contributed by atoms with Gasteiger partial charge < -0.3 is 18.9 Å². The van der Waals surface area contributed by atoms with E-state index in [4.69, 9.17) is 19.0 Å². The molecule has 2 aromatic carbocycles. The molecular formula is C27H28N4O4. The molecule has 1 amide bonds. The zero-order chi connectivity index (χ0) is 24.3. The molecule has 1 aliphatic carbocycles. The lowest BCUT2D eigenvalue weighted by molar-refractivity contribution is -0.141. The Hall–Kier alpha value is -3.52. The highest BCUT2D eigenvalue weighted by Crippen LogP contribution is 2.57. The first-order valence-corrected chi connectivity index (χ1v) is 12.1. The Bertz CT molecular complexity index is 1350. The number of ether oxygens (including phenoxy) is 2. The van der Waals surface area contributed by atoms with Crippen LogP contribution in [0.15, 0.2) is 45.9 Å². The number of hydrogen-bond donors (Lipinski definition) is 0. The van der Waals surface area contributed by atoms with Crippen LogP contribution in [-0.4, -0.2) is 53.0 Å². The summed E-state index contributed by atoms with van der Waals surface area (Å²) in [6, 6.07) is 11.9. The number of benzene rings is 2. The van der Waals surface area contributed by atoms with Gasteiger partial charge >= 0.3 is 0 Å². The van der Waals surface area contributed by atoms with Crippen molar-refractivity contribution in [3.63, 3.8) is 0 Å². The molecule has 0 unspecified atom stereocenters. The van der Waals surface area contributed by atoms with Gasteiger partial charge in [0.15, 0.2) is 5.72 Å². The maximum Gasteiger partial charge on any atom is 0.258 e. The van der Waals surface area contributed by atoms with E-state index in [1.54, 1.807) is 13.3 Å². The van der Waals surface area contributed by atoms with Gasteiger partial charge in [-0.2, -0.15) is 4.98 Å². The Morgan fingerprint density at radius 2 is 2.11 bits per heavy atom. The van der Waals surface area contributed by atoms with Gasteiger partial charge in [-0.05, 0) is 51.0 Å². The van der Waals surface area contributed by atoms with E-state index in [9.17, 15) is 4.79 Å². The lowest BCUT2D eigenvalue weighted by Crippen LogP contribution is -2.43. The van der Waals surface area contributed by atoms with Crippen molar-refractivity contribution in [3.05, 3.63) is 53.1 Å². The summed E-state index contributed by atoms with van der Waals surface area (Å²) in [5.41, 5.74) is 4.10. The van der Waals surface area contributed by atoms with Crippen molar-refractivity contribution in [2.75, 3.05) is 13.7 Å². The average Bonchev–Trinajstić information content (AvgIpc) is 3.57. The number of aliphatic imine (C=N–C) groups is 1. The quantitative estimate of drug-likeness (QED) is 0.517. The molecule has 35 heavy (non-hydrogen) atoms. The summed E-state index contributed by atoms with van der Waals surface area (Å²) >= 11 is 0. The maximum atomic E-state index is 12.7. The SMILES string of the molecule is C/N=C\c1cc(-c2nc(-c3cccc4c3C[C@H]3CC(=O)N5[C@H](C)CO[C@@]435)no2)ccc1OC(C)C. The zero-order valence-corrected chi connectivity index (χ0v) is 20.3. The summed E-state index contributed by atoms with van der Waals surface area (Å²) in [7, 11) is 1.73. The van der Waals surface area contributed by atoms with Crippen molar-refractivity contribution < 1.29 is 18.8 Å². The standard InChI is InChI=1S/C27H28N4O4/c1-15(2)34-23-9-8-17(10-18(23)13-28-4)26-29-25(30-35-26)20-6-5-7-22-21(20)11-19-12-24(32)31-16(3)14-33-27(19,22)31/h5-10,13,15-16,19H,11-12,14H2,1-4H3/b28-13-/t16-,19+,27-/m1/s1. The van der Waals surface area contributed by atoms with E-state index in [1.807, 2.05) is 49.1 Å². The van der Waals surface area contributed by atoms with E-state index in [1.165, 1.54) is 0 Å². The fraction of sp³-hybridized carbons (Fsp3) is 0.407. The molecule has 2 fully saturated rings. The van der Waals surface area contributed by atoms with Gasteiger partial charge in [-0.25, -0.2) is 0 Å². The van der Waals surface area contributed by atoms with E-state index >= 15 is 0 Å². The van der Waals surface area contributed by atoms with Gasteiger partial charge in [-0.3, -0.25) is 9.79 Å². The highest BCUT2D eigenvalue weighted by molar-refractivity contribution is 5.86. The molecule has 2 saturated heterocycles. The first kappa shape index (κ1) is 22.0. The van der Waals surface area contributed by atoms with Gasteiger partial charge in [0.05, 0.1) is 18.8 Å². The van der Waals surface area contributed by atoms with Crippen molar-refractivity contribution >= 4 is 12.1 Å². The Balaban J connectivity index is 1.37. The molecule has 3 aromatic rings. The summed E-state index contributed by atoms with van der Waals surface area (Å²) < 4.78 is 17.9. The molecule has 6 rings (SSSR count). The van der Waals surface area contributed by atoms with Crippen LogP contribution in [0.4, 0.5) is 0 Å². The van der Waals surface area contributed by atoms with Crippen LogP contribution in [0.5, 0.6) is 5.75 Å². The Kier molecular flexibility index (Phi) is 5.03. The topological polar surface area (TPSA) is 90.1 Å². The molecular weight excluding hydrogens is 444 g/mol. The number of fused-ring (bicyclic) bond motifs is 1. The van der Waals surface area contributed by atoms with Crippen molar-refractivity contribution in [2.45, 2.75) is 51.5 Å². The van der Waals surface area contributed by atoms with Gasteiger partial charge in [0, 0.05) is 47.9 Å². The predicted octanol–water partition coefficient (Wildman–Crippen LogP) is 4.22. The molecule has 8 heteroatoms. The fourth-order valence-electron chi connectivity index (χ4n) is 5.88. The molecule has 2 aliphatic heterocycles. The Morgan fingerprint density at radius 3 is 2.91 bits per heavy atom. The largest absolute Gasteiger partial charge is 0.490 e. The zero-order valence-electron chi connectivity index (χ0n) is 20.3. The molecule has 0 N–H and O–H groups in total. The molecule has 180 valence electrons. The molecule has 3 heterocycles. The molecule has 0 radical (unpaired) electrons. The predicted molar refractivity (Wildman–Crippen MR) is 130 cm³/mol. The van der Waals surface area contributed by atoms with Crippen LogP contribution in [-0.2, 0) is 21.7 Å². The highest BCUT2D eigenvalue weighted by atomic mass is 16.5. The maximum absolute atomic E-state index is 12.7. The number of aromatic nitrogens is 2. The molecule has 1 aromatic heterocycles. The molecule has 1 spiro atoms. The van der Waals surface area contributed by atoms with Crippen molar-refractivity contribution in [2.24, 2.45) is 10.9 Å². The lowest BCUT2D eigenvalue weighted by atomic mass is 9.97. The minimum atomic E-state index is -0.658. The number of amides is 1. The third-order valence-electron chi connectivity index (χ3n) is 7.15. The molecule has 8 nitrogen and oxygen atoms in total. The van der Waals surface area contributed by atoms with E-state index in [0.29, 0.717) is 24.7 Å². The van der Waals surface area contributed by atoms with Crippen LogP contribution in [0.3, 0.4) is 0 Å². The summed E-state index contributed by atoms with van der Waals surface area (Å²) in [6.07, 6.45) is 3.07. The second-order valence-corrected chi connectivity index (χ2v) is 9.79. The van der Waals surface area contributed by atoms with E-state index in [-0.39, 0.29) is 24.0 Å². The highest BCUT2D eigenvalue weighted by Gasteiger charge is 2.63. The van der Waals surface area contributed by atoms with Crippen molar-refractivity contribution in [1.29, 1.82) is 0 Å². The van der Waals surface area contributed by atoms with Crippen LogP contribution < -0.4 is 4.74 Å². The Labute approximate surface area is 204 Å². The summed E-state index contributed by atoms with van der Waals surface area (Å²) in [6.45, 7) is 6.59. The normalized spacial score (nSPS) is 24.9. The second-order valence-electron chi connectivity index (χ2n) is 9.79. The molecule has 3 aliphatic rings. The van der Waals surface area contributed by atoms with E-state index in [2.05, 4.69) is 23.1 Å². The molecule has 0 bridgehead atoms. The van der Waals surface area contributed by atoms with Gasteiger partial charge in [-0.1, -0.05) is 23.4 Å². The smallest absolute Gasteiger partial charge is 0.258 e. The van der Waals surface area contributed by atoms with Gasteiger partial charge in [0.2, 0.25) is 11.7 Å². The summed E-state index contributed by atoms with van der Waals surface area (Å²) in [4.78, 5) is 23.6. The minimum Gasteiger partial charge on any atom is -0.490 e. The van der Waals surface area contributed by atoms with Gasteiger partial charge in [0.1, 0.15) is 5.75 Å². The third kappa shape index (κ3) is 3.23. The average molecular weight is 473 g/mol. The van der Waals surface area contributed by atoms with Gasteiger partial charge in [-0.15, -0.1) is 0 Å². The summed E-state index contributed by atoms with van der Waals surface area (Å²) in [5, 5.41) is 4.32. The third-order valence-corrected chi connectivity index (χ3v) is 7.15. The second kappa shape index (κ2) is 8.02.